The minimum Gasteiger partial charge on any atom is -0.462 e. The van der Waals surface area contributed by atoms with E-state index in [0.717, 1.165) is 128 Å². The monoisotopic (exact) mass is 901 g/mol. The summed E-state index contributed by atoms with van der Waals surface area (Å²) in [6, 6.07) is 0. The van der Waals surface area contributed by atoms with Crippen LogP contribution < -0.4 is 0 Å². The van der Waals surface area contributed by atoms with Gasteiger partial charge in [0.2, 0.25) is 0 Å². The highest BCUT2D eigenvalue weighted by Crippen LogP contribution is 2.12. The molecule has 0 saturated heterocycles. The fourth-order valence-electron chi connectivity index (χ4n) is 6.77. The Kier molecular flexibility index (Phi) is 49.5. The first-order valence-electron chi connectivity index (χ1n) is 26.4. The number of carbonyl (C=O) groups excluding carboxylic acids is 3. The molecule has 0 heterocycles. The Hall–Kier alpha value is -3.93. The van der Waals surface area contributed by atoms with E-state index < -0.39 is 6.10 Å². The smallest absolute Gasteiger partial charge is 0.306 e. The first-order valence-corrected chi connectivity index (χ1v) is 26.4. The lowest BCUT2D eigenvalue weighted by Gasteiger charge is -2.18. The Morgan fingerprint density at radius 3 is 1.00 bits per heavy atom. The molecule has 0 amide bonds. The van der Waals surface area contributed by atoms with Crippen molar-refractivity contribution < 1.29 is 28.6 Å². The summed E-state index contributed by atoms with van der Waals surface area (Å²) in [5.74, 6) is -1.00. The van der Waals surface area contributed by atoms with Crippen molar-refractivity contribution in [2.75, 3.05) is 13.2 Å². The third kappa shape index (κ3) is 50.9. The van der Waals surface area contributed by atoms with Gasteiger partial charge in [-0.05, 0) is 122 Å². The summed E-state index contributed by atoms with van der Waals surface area (Å²) in [5.41, 5.74) is 0. The minimum atomic E-state index is -0.816. The summed E-state index contributed by atoms with van der Waals surface area (Å²) in [5, 5.41) is 0. The van der Waals surface area contributed by atoms with E-state index in [4.69, 9.17) is 14.2 Å². The zero-order valence-corrected chi connectivity index (χ0v) is 42.0. The molecule has 0 fully saturated rings. The molecule has 0 aliphatic carbocycles. The Morgan fingerprint density at radius 1 is 0.323 bits per heavy atom. The predicted molar refractivity (Wildman–Crippen MR) is 279 cm³/mol. The molecule has 0 rings (SSSR count). The van der Waals surface area contributed by atoms with Gasteiger partial charge in [-0.15, -0.1) is 0 Å². The number of rotatable bonds is 46. The number of allylic oxidation sites excluding steroid dienone is 18. The van der Waals surface area contributed by atoms with Gasteiger partial charge in [0.15, 0.2) is 6.10 Å². The highest BCUT2D eigenvalue weighted by atomic mass is 16.6. The third-order valence-corrected chi connectivity index (χ3v) is 10.7. The molecular formula is C59H96O6. The summed E-state index contributed by atoms with van der Waals surface area (Å²) in [6.07, 6.45) is 70.7. The van der Waals surface area contributed by atoms with Gasteiger partial charge < -0.3 is 14.2 Å². The molecule has 6 nitrogen and oxygen atoms in total. The van der Waals surface area contributed by atoms with Crippen LogP contribution in [0.1, 0.15) is 226 Å². The topological polar surface area (TPSA) is 78.9 Å². The first kappa shape index (κ1) is 61.1. The van der Waals surface area contributed by atoms with E-state index in [0.29, 0.717) is 19.3 Å². The molecule has 0 aromatic rings. The fourth-order valence-corrected chi connectivity index (χ4v) is 6.77. The van der Waals surface area contributed by atoms with Crippen LogP contribution in [0.5, 0.6) is 0 Å². The van der Waals surface area contributed by atoms with Gasteiger partial charge in [0.1, 0.15) is 13.2 Å². The summed E-state index contributed by atoms with van der Waals surface area (Å²) in [7, 11) is 0. The van der Waals surface area contributed by atoms with Crippen LogP contribution in [-0.2, 0) is 28.6 Å². The van der Waals surface area contributed by atoms with Crippen molar-refractivity contribution in [1.82, 2.24) is 0 Å². The van der Waals surface area contributed by atoms with Gasteiger partial charge in [-0.1, -0.05) is 194 Å². The Bertz CT molecular complexity index is 1360. The van der Waals surface area contributed by atoms with E-state index in [1.54, 1.807) is 0 Å². The van der Waals surface area contributed by atoms with E-state index in [9.17, 15) is 14.4 Å². The van der Waals surface area contributed by atoms with Crippen LogP contribution in [0.15, 0.2) is 109 Å². The highest BCUT2D eigenvalue weighted by molar-refractivity contribution is 5.71. The second-order valence-electron chi connectivity index (χ2n) is 17.0. The van der Waals surface area contributed by atoms with Crippen molar-refractivity contribution in [3.8, 4) is 0 Å². The average Bonchev–Trinajstić information content (AvgIpc) is 3.30. The maximum absolute atomic E-state index is 12.8. The van der Waals surface area contributed by atoms with Gasteiger partial charge in [-0.25, -0.2) is 0 Å². The predicted octanol–water partition coefficient (Wildman–Crippen LogP) is 17.5. The largest absolute Gasteiger partial charge is 0.462 e. The van der Waals surface area contributed by atoms with E-state index >= 15 is 0 Å². The van der Waals surface area contributed by atoms with Crippen LogP contribution in [-0.4, -0.2) is 37.2 Å². The first-order chi connectivity index (χ1) is 32.0. The molecule has 0 radical (unpaired) electrons. The third-order valence-electron chi connectivity index (χ3n) is 10.7. The molecule has 368 valence electrons. The van der Waals surface area contributed by atoms with Crippen LogP contribution in [0.3, 0.4) is 0 Å². The zero-order valence-electron chi connectivity index (χ0n) is 42.0. The normalized spacial score (nSPS) is 13.0. The van der Waals surface area contributed by atoms with Crippen LogP contribution in [0.25, 0.3) is 0 Å². The standard InChI is InChI=1S/C59H96O6/c1-4-7-10-13-16-19-22-25-28-29-32-34-37-40-43-46-49-52-58(61)64-55-56(65-59(62)53-50-47-44-41-38-35-31-27-24-21-18-15-12-9-6-3)54-63-57(60)51-48-45-42-39-36-33-30-26-23-20-17-14-11-8-5-2/h7,10,16-21,25-28,30-32,34,40,43,56H,4-6,8-9,11-15,22-24,29,33,35-39,41-42,44-55H2,1-3H3/b10-7-,19-16-,20-17-,21-18-,28-25-,30-26-,31-27-,34-32-,43-40-/t56-/m1/s1. The number of esters is 3. The molecule has 0 spiro atoms. The zero-order chi connectivity index (χ0) is 47.2. The SMILES string of the molecule is CC/C=C\C/C=C\C/C=C\C/C=C\C/C=C\CCCC(=O)OC[C@@H](COC(=O)CCCCCCC/C=C\C/C=C\CCCCC)OC(=O)CCCCCCC/C=C\C/C=C\CCCCC. The average molecular weight is 901 g/mol. The Balaban J connectivity index is 4.54. The molecule has 0 aromatic carbocycles. The molecule has 6 heteroatoms. The number of carbonyl (C=O) groups is 3. The summed E-state index contributed by atoms with van der Waals surface area (Å²) < 4.78 is 16.7. The summed E-state index contributed by atoms with van der Waals surface area (Å²) in [6.45, 7) is 6.39. The van der Waals surface area contributed by atoms with Crippen molar-refractivity contribution >= 4 is 17.9 Å². The highest BCUT2D eigenvalue weighted by Gasteiger charge is 2.19. The van der Waals surface area contributed by atoms with Gasteiger partial charge >= 0.3 is 17.9 Å². The molecule has 0 aromatic heterocycles. The number of hydrogen-bond acceptors (Lipinski definition) is 6. The second-order valence-corrected chi connectivity index (χ2v) is 17.0. The molecule has 0 aliphatic heterocycles. The van der Waals surface area contributed by atoms with Gasteiger partial charge in [0.05, 0.1) is 0 Å². The minimum absolute atomic E-state index is 0.111. The Morgan fingerprint density at radius 2 is 0.615 bits per heavy atom. The van der Waals surface area contributed by atoms with E-state index in [1.807, 2.05) is 0 Å². The molecular weight excluding hydrogens is 805 g/mol. The fraction of sp³-hybridized carbons (Fsp3) is 0.644. The lowest BCUT2D eigenvalue weighted by Crippen LogP contribution is -2.30. The number of unbranched alkanes of at least 4 members (excludes halogenated alkanes) is 17. The van der Waals surface area contributed by atoms with Gasteiger partial charge in [-0.3, -0.25) is 14.4 Å². The van der Waals surface area contributed by atoms with Crippen molar-refractivity contribution in [3.63, 3.8) is 0 Å². The summed E-state index contributed by atoms with van der Waals surface area (Å²) in [4.78, 5) is 38.0. The molecule has 0 N–H and O–H groups in total. The second kappa shape index (κ2) is 52.7. The molecule has 0 bridgehead atoms. The van der Waals surface area contributed by atoms with Crippen LogP contribution in [0, 0.1) is 0 Å². The van der Waals surface area contributed by atoms with Crippen LogP contribution in [0.2, 0.25) is 0 Å². The van der Waals surface area contributed by atoms with Gasteiger partial charge in [0.25, 0.3) is 0 Å². The lowest BCUT2D eigenvalue weighted by atomic mass is 10.1. The summed E-state index contributed by atoms with van der Waals surface area (Å²) >= 11 is 0. The number of hydrogen-bond donors (Lipinski definition) is 0. The van der Waals surface area contributed by atoms with Crippen molar-refractivity contribution in [1.29, 1.82) is 0 Å². The lowest BCUT2D eigenvalue weighted by molar-refractivity contribution is -0.167. The molecule has 0 saturated carbocycles. The molecule has 0 unspecified atom stereocenters. The number of ether oxygens (including phenoxy) is 3. The van der Waals surface area contributed by atoms with Gasteiger partial charge in [-0.2, -0.15) is 0 Å². The van der Waals surface area contributed by atoms with Crippen molar-refractivity contribution in [2.24, 2.45) is 0 Å². The van der Waals surface area contributed by atoms with Crippen molar-refractivity contribution in [3.05, 3.63) is 109 Å². The van der Waals surface area contributed by atoms with Crippen LogP contribution in [0.4, 0.5) is 0 Å². The maximum atomic E-state index is 12.8. The maximum Gasteiger partial charge on any atom is 0.306 e. The molecule has 1 atom stereocenters. The van der Waals surface area contributed by atoms with E-state index in [1.165, 1.54) is 51.4 Å². The Labute approximate surface area is 400 Å². The van der Waals surface area contributed by atoms with Crippen LogP contribution >= 0.6 is 0 Å². The van der Waals surface area contributed by atoms with Gasteiger partial charge in [0, 0.05) is 19.3 Å². The molecule has 0 aliphatic rings. The van der Waals surface area contributed by atoms with Crippen molar-refractivity contribution in [2.45, 2.75) is 232 Å². The molecule has 65 heavy (non-hydrogen) atoms. The van der Waals surface area contributed by atoms with E-state index in [-0.39, 0.29) is 37.5 Å². The quantitative estimate of drug-likeness (QED) is 0.0262. The van der Waals surface area contributed by atoms with E-state index in [2.05, 4.69) is 130 Å².